The molecule has 3 aromatic heterocycles. The molecule has 4 aromatic rings. The van der Waals surface area contributed by atoms with Crippen LogP contribution in [0, 0.1) is 0 Å². The van der Waals surface area contributed by atoms with Crippen molar-refractivity contribution in [1.82, 2.24) is 30.3 Å². The third-order valence-corrected chi connectivity index (χ3v) is 3.92. The second-order valence-electron chi connectivity index (χ2n) is 5.72. The van der Waals surface area contributed by atoms with E-state index in [4.69, 9.17) is 4.42 Å². The highest BCUT2D eigenvalue weighted by Gasteiger charge is 2.14. The molecule has 1 aromatic carbocycles. The third kappa shape index (κ3) is 3.12. The number of rotatable bonds is 5. The minimum Gasteiger partial charge on any atom is -0.419 e. The Morgan fingerprint density at radius 2 is 2.04 bits per heavy atom. The molecule has 0 bridgehead atoms. The van der Waals surface area contributed by atoms with Crippen LogP contribution >= 0.6 is 0 Å². The van der Waals surface area contributed by atoms with Crippen molar-refractivity contribution in [2.45, 2.75) is 6.54 Å². The minimum atomic E-state index is -0.294. The van der Waals surface area contributed by atoms with E-state index in [0.717, 1.165) is 11.3 Å². The molecule has 2 N–H and O–H groups in total. The molecular formula is C18H16N6O2. The molecule has 0 saturated heterocycles. The Kier molecular flexibility index (Phi) is 4.06. The third-order valence-electron chi connectivity index (χ3n) is 3.92. The zero-order valence-electron chi connectivity index (χ0n) is 14.0. The summed E-state index contributed by atoms with van der Waals surface area (Å²) in [7, 11) is 1.92. The van der Waals surface area contributed by atoms with Crippen LogP contribution in [0.5, 0.6) is 0 Å². The fraction of sp³-hybridized carbons (Fsp3) is 0.111. The van der Waals surface area contributed by atoms with Crippen LogP contribution in [0.1, 0.15) is 16.4 Å². The summed E-state index contributed by atoms with van der Waals surface area (Å²) >= 11 is 0. The highest BCUT2D eigenvalue weighted by Crippen LogP contribution is 2.18. The van der Waals surface area contributed by atoms with Crippen molar-refractivity contribution in [3.63, 3.8) is 0 Å². The molecule has 0 atom stereocenters. The predicted octanol–water partition coefficient (Wildman–Crippen LogP) is 2.40. The van der Waals surface area contributed by atoms with Crippen LogP contribution in [-0.2, 0) is 13.6 Å². The molecule has 3 heterocycles. The van der Waals surface area contributed by atoms with Crippen molar-refractivity contribution in [2.75, 3.05) is 0 Å². The first-order valence-electron chi connectivity index (χ1n) is 8.04. The van der Waals surface area contributed by atoms with Gasteiger partial charge in [-0.1, -0.05) is 18.2 Å². The van der Waals surface area contributed by atoms with Crippen LogP contribution in [0.3, 0.4) is 0 Å². The fourth-order valence-electron chi connectivity index (χ4n) is 2.57. The number of carbonyl (C=O) groups is 1. The summed E-state index contributed by atoms with van der Waals surface area (Å²) in [6, 6.07) is 15.0. The Bertz CT molecular complexity index is 1030. The fourth-order valence-corrected chi connectivity index (χ4v) is 2.57. The lowest BCUT2D eigenvalue weighted by molar-refractivity contribution is 0.0942. The first-order chi connectivity index (χ1) is 12.7. The molecule has 8 heteroatoms. The largest absolute Gasteiger partial charge is 0.419 e. The molecule has 4 rings (SSSR count). The van der Waals surface area contributed by atoms with Gasteiger partial charge in [0.15, 0.2) is 0 Å². The maximum atomic E-state index is 12.3. The Balaban J connectivity index is 1.41. The summed E-state index contributed by atoms with van der Waals surface area (Å²) in [5, 5.41) is 17.6. The van der Waals surface area contributed by atoms with E-state index >= 15 is 0 Å². The van der Waals surface area contributed by atoms with Gasteiger partial charge in [0.05, 0.1) is 12.2 Å². The van der Waals surface area contributed by atoms with Gasteiger partial charge in [0.1, 0.15) is 11.4 Å². The van der Waals surface area contributed by atoms with Crippen molar-refractivity contribution in [3.05, 3.63) is 66.3 Å². The number of nitrogens with zero attached hydrogens (tertiary/aromatic N) is 4. The van der Waals surface area contributed by atoms with Crippen LogP contribution < -0.4 is 5.32 Å². The molecule has 0 radical (unpaired) electrons. The van der Waals surface area contributed by atoms with E-state index in [1.807, 2.05) is 60.3 Å². The van der Waals surface area contributed by atoms with Crippen LogP contribution in [0.25, 0.3) is 22.8 Å². The summed E-state index contributed by atoms with van der Waals surface area (Å²) in [6.45, 7) is 0.136. The minimum absolute atomic E-state index is 0.136. The summed E-state index contributed by atoms with van der Waals surface area (Å²) in [5.41, 5.74) is 2.82. The molecule has 130 valence electrons. The molecule has 0 aliphatic heterocycles. The van der Waals surface area contributed by atoms with Crippen molar-refractivity contribution < 1.29 is 9.21 Å². The van der Waals surface area contributed by atoms with Gasteiger partial charge >= 0.3 is 0 Å². The van der Waals surface area contributed by atoms with Crippen molar-refractivity contribution in [3.8, 4) is 22.8 Å². The Labute approximate surface area is 148 Å². The number of hydrogen-bond acceptors (Lipinski definition) is 5. The number of benzene rings is 1. The highest BCUT2D eigenvalue weighted by molar-refractivity contribution is 5.93. The van der Waals surface area contributed by atoms with Gasteiger partial charge in [-0.15, -0.1) is 10.2 Å². The highest BCUT2D eigenvalue weighted by atomic mass is 16.4. The average molecular weight is 348 g/mol. The maximum Gasteiger partial charge on any atom is 0.269 e. The number of aromatic amines is 1. The molecule has 0 aliphatic rings. The predicted molar refractivity (Wildman–Crippen MR) is 93.9 cm³/mol. The van der Waals surface area contributed by atoms with Crippen molar-refractivity contribution >= 4 is 5.91 Å². The van der Waals surface area contributed by atoms with Crippen molar-refractivity contribution in [2.24, 2.45) is 7.05 Å². The lowest BCUT2D eigenvalue weighted by atomic mass is 10.2. The van der Waals surface area contributed by atoms with Crippen LogP contribution in [0.4, 0.5) is 0 Å². The van der Waals surface area contributed by atoms with Gasteiger partial charge in [-0.3, -0.25) is 9.89 Å². The lowest BCUT2D eigenvalue weighted by Crippen LogP contribution is -2.23. The molecular weight excluding hydrogens is 332 g/mol. The van der Waals surface area contributed by atoms with Gasteiger partial charge in [-0.2, -0.15) is 5.10 Å². The molecule has 26 heavy (non-hydrogen) atoms. The number of aromatic nitrogens is 5. The molecule has 0 saturated carbocycles. The first-order valence-corrected chi connectivity index (χ1v) is 8.04. The summed E-state index contributed by atoms with van der Waals surface area (Å²) in [5.74, 6) is 0.458. The Morgan fingerprint density at radius 3 is 2.81 bits per heavy atom. The number of nitrogens with one attached hydrogen (secondary N) is 2. The van der Waals surface area contributed by atoms with E-state index in [1.54, 1.807) is 6.07 Å². The summed E-state index contributed by atoms with van der Waals surface area (Å²) in [6.07, 6.45) is 1.92. The van der Waals surface area contributed by atoms with Gasteiger partial charge in [0.2, 0.25) is 11.8 Å². The smallest absolute Gasteiger partial charge is 0.269 e. The van der Waals surface area contributed by atoms with E-state index in [0.29, 0.717) is 23.2 Å². The van der Waals surface area contributed by atoms with Gasteiger partial charge in [-0.05, 0) is 30.3 Å². The average Bonchev–Trinajstić information content (AvgIpc) is 3.41. The quantitative estimate of drug-likeness (QED) is 0.577. The standard InChI is InChI=1S/C18H16N6O2/c1-24-9-5-8-15(24)13-10-14(21-20-13)17(25)19-11-16-22-23-18(26-16)12-6-3-2-4-7-12/h2-10H,11H2,1H3,(H,19,25)(H,20,21). The number of carbonyl (C=O) groups excluding carboxylic acids is 1. The molecule has 0 fully saturated rings. The van der Waals surface area contributed by atoms with Crippen LogP contribution in [0.15, 0.2) is 59.1 Å². The second-order valence-corrected chi connectivity index (χ2v) is 5.72. The topological polar surface area (TPSA) is 102 Å². The number of H-pyrrole nitrogens is 1. The molecule has 0 spiro atoms. The molecule has 8 nitrogen and oxygen atoms in total. The number of amides is 1. The van der Waals surface area contributed by atoms with E-state index < -0.39 is 0 Å². The molecule has 1 amide bonds. The Hall–Kier alpha value is -3.68. The zero-order chi connectivity index (χ0) is 17.9. The van der Waals surface area contributed by atoms with Gasteiger partial charge < -0.3 is 14.3 Å². The van der Waals surface area contributed by atoms with E-state index in [1.165, 1.54) is 0 Å². The van der Waals surface area contributed by atoms with E-state index in [-0.39, 0.29) is 12.5 Å². The van der Waals surface area contributed by atoms with Gasteiger partial charge in [0, 0.05) is 18.8 Å². The lowest BCUT2D eigenvalue weighted by Gasteiger charge is -1.99. The van der Waals surface area contributed by atoms with Crippen LogP contribution in [0.2, 0.25) is 0 Å². The maximum absolute atomic E-state index is 12.3. The molecule has 0 aliphatic carbocycles. The molecule has 0 unspecified atom stereocenters. The van der Waals surface area contributed by atoms with E-state index in [2.05, 4.69) is 25.7 Å². The van der Waals surface area contributed by atoms with Crippen molar-refractivity contribution in [1.29, 1.82) is 0 Å². The number of aryl methyl sites for hydroxylation is 1. The summed E-state index contributed by atoms with van der Waals surface area (Å²) < 4.78 is 7.50. The van der Waals surface area contributed by atoms with Gasteiger partial charge in [0.25, 0.3) is 5.91 Å². The Morgan fingerprint density at radius 1 is 1.19 bits per heavy atom. The zero-order valence-corrected chi connectivity index (χ0v) is 14.0. The number of hydrogen-bond donors (Lipinski definition) is 2. The van der Waals surface area contributed by atoms with E-state index in [9.17, 15) is 4.79 Å². The normalized spacial score (nSPS) is 10.8. The van der Waals surface area contributed by atoms with Crippen LogP contribution in [-0.4, -0.2) is 30.9 Å². The van der Waals surface area contributed by atoms with Gasteiger partial charge in [-0.25, -0.2) is 0 Å². The monoisotopic (exact) mass is 348 g/mol. The second kappa shape index (κ2) is 6.67. The SMILES string of the molecule is Cn1cccc1-c1cc(C(=O)NCc2nnc(-c3ccccc3)o2)[nH]n1. The first kappa shape index (κ1) is 15.8. The summed E-state index contributed by atoms with van der Waals surface area (Å²) in [4.78, 5) is 12.3.